The van der Waals surface area contributed by atoms with E-state index in [9.17, 15) is 4.79 Å². The zero-order valence-electron chi connectivity index (χ0n) is 9.45. The smallest absolute Gasteiger partial charge is 0.133 e. The molecular formula is C13H21NO. The summed E-state index contributed by atoms with van der Waals surface area (Å²) in [6.07, 6.45) is 7.13. The highest BCUT2D eigenvalue weighted by atomic mass is 16.1. The monoisotopic (exact) mass is 207 g/mol. The maximum Gasteiger partial charge on any atom is 0.133 e. The minimum Gasteiger partial charge on any atom is -0.303 e. The summed E-state index contributed by atoms with van der Waals surface area (Å²) in [6, 6.07) is 0. The van der Waals surface area contributed by atoms with Crippen molar-refractivity contribution in [2.24, 2.45) is 17.8 Å². The third-order valence-corrected chi connectivity index (χ3v) is 4.47. The summed E-state index contributed by atoms with van der Waals surface area (Å²) in [5.74, 6) is 3.12. The number of hydrogen-bond donors (Lipinski definition) is 0. The SMILES string of the molecule is O=C1CC[C@H]2CN(CC3CC3)CC[C@@H]2C1. The molecule has 2 heteroatoms. The van der Waals surface area contributed by atoms with Crippen LogP contribution >= 0.6 is 0 Å². The zero-order valence-corrected chi connectivity index (χ0v) is 9.45. The molecule has 0 spiro atoms. The van der Waals surface area contributed by atoms with Crippen LogP contribution in [0.5, 0.6) is 0 Å². The number of hydrogen-bond acceptors (Lipinski definition) is 2. The number of nitrogens with zero attached hydrogens (tertiary/aromatic N) is 1. The number of fused-ring (bicyclic) bond motifs is 1. The van der Waals surface area contributed by atoms with Gasteiger partial charge in [-0.3, -0.25) is 4.79 Å². The van der Waals surface area contributed by atoms with Crippen molar-refractivity contribution in [2.75, 3.05) is 19.6 Å². The number of carbonyl (C=O) groups is 1. The Labute approximate surface area is 92.0 Å². The van der Waals surface area contributed by atoms with Gasteiger partial charge in [0.25, 0.3) is 0 Å². The lowest BCUT2D eigenvalue weighted by molar-refractivity contribution is -0.123. The molecule has 0 unspecified atom stereocenters. The first-order valence-electron chi connectivity index (χ1n) is 6.55. The average molecular weight is 207 g/mol. The largest absolute Gasteiger partial charge is 0.303 e. The van der Waals surface area contributed by atoms with Gasteiger partial charge >= 0.3 is 0 Å². The number of rotatable bonds is 2. The van der Waals surface area contributed by atoms with E-state index in [-0.39, 0.29) is 0 Å². The normalized spacial score (nSPS) is 37.7. The van der Waals surface area contributed by atoms with Crippen molar-refractivity contribution in [3.8, 4) is 0 Å². The van der Waals surface area contributed by atoms with Crippen LogP contribution in [-0.2, 0) is 4.79 Å². The van der Waals surface area contributed by atoms with Crippen molar-refractivity contribution in [2.45, 2.75) is 38.5 Å². The highest BCUT2D eigenvalue weighted by Crippen LogP contribution is 2.37. The molecule has 1 aliphatic heterocycles. The van der Waals surface area contributed by atoms with Gasteiger partial charge in [-0.25, -0.2) is 0 Å². The van der Waals surface area contributed by atoms with E-state index in [4.69, 9.17) is 0 Å². The summed E-state index contributed by atoms with van der Waals surface area (Å²) in [5.41, 5.74) is 0. The van der Waals surface area contributed by atoms with E-state index in [0.29, 0.717) is 5.78 Å². The van der Waals surface area contributed by atoms with Gasteiger partial charge < -0.3 is 4.90 Å². The number of carbonyl (C=O) groups excluding carboxylic acids is 1. The lowest BCUT2D eigenvalue weighted by atomic mass is 9.74. The van der Waals surface area contributed by atoms with Crippen LogP contribution in [0.1, 0.15) is 38.5 Å². The Balaban J connectivity index is 1.55. The fourth-order valence-electron chi connectivity index (χ4n) is 3.32. The van der Waals surface area contributed by atoms with Crippen molar-refractivity contribution < 1.29 is 4.79 Å². The minimum absolute atomic E-state index is 0.520. The standard InChI is InChI=1S/C13H21NO/c15-13-4-3-12-9-14(8-10-1-2-10)6-5-11(12)7-13/h10-12H,1-9H2/t11-,12+/m1/s1. The van der Waals surface area contributed by atoms with Gasteiger partial charge in [-0.1, -0.05) is 0 Å². The molecule has 15 heavy (non-hydrogen) atoms. The van der Waals surface area contributed by atoms with Gasteiger partial charge in [0.05, 0.1) is 0 Å². The molecule has 2 nitrogen and oxygen atoms in total. The Bertz CT molecular complexity index is 259. The summed E-state index contributed by atoms with van der Waals surface area (Å²) < 4.78 is 0. The molecule has 3 aliphatic rings. The molecule has 2 saturated carbocycles. The highest BCUT2D eigenvalue weighted by molar-refractivity contribution is 5.79. The predicted molar refractivity (Wildman–Crippen MR) is 59.6 cm³/mol. The molecule has 0 aromatic rings. The van der Waals surface area contributed by atoms with Crippen LogP contribution in [0.25, 0.3) is 0 Å². The fourth-order valence-corrected chi connectivity index (χ4v) is 3.32. The first-order chi connectivity index (χ1) is 7.31. The van der Waals surface area contributed by atoms with Gasteiger partial charge in [-0.05, 0) is 50.0 Å². The van der Waals surface area contributed by atoms with E-state index >= 15 is 0 Å². The van der Waals surface area contributed by atoms with E-state index in [0.717, 1.165) is 30.6 Å². The molecule has 2 atom stereocenters. The first-order valence-corrected chi connectivity index (χ1v) is 6.55. The molecule has 1 saturated heterocycles. The van der Waals surface area contributed by atoms with Crippen molar-refractivity contribution >= 4 is 5.78 Å². The molecule has 0 amide bonds. The fraction of sp³-hybridized carbons (Fsp3) is 0.923. The van der Waals surface area contributed by atoms with Crippen LogP contribution in [0.2, 0.25) is 0 Å². The van der Waals surface area contributed by atoms with Crippen LogP contribution in [0, 0.1) is 17.8 Å². The van der Waals surface area contributed by atoms with E-state index < -0.39 is 0 Å². The Morgan fingerprint density at radius 1 is 1.13 bits per heavy atom. The average Bonchev–Trinajstić information content (AvgIpc) is 3.02. The summed E-state index contributed by atoms with van der Waals surface area (Å²) in [5, 5.41) is 0. The Morgan fingerprint density at radius 2 is 2.00 bits per heavy atom. The molecule has 0 bridgehead atoms. The summed E-state index contributed by atoms with van der Waals surface area (Å²) in [6.45, 7) is 3.89. The van der Waals surface area contributed by atoms with E-state index in [2.05, 4.69) is 4.90 Å². The number of Topliss-reactive ketones (excluding diaryl/α,β-unsaturated/α-hetero) is 1. The summed E-state index contributed by atoms with van der Waals surface area (Å²) >= 11 is 0. The molecule has 0 aromatic carbocycles. The van der Waals surface area contributed by atoms with E-state index in [1.54, 1.807) is 0 Å². The minimum atomic E-state index is 0.520. The van der Waals surface area contributed by atoms with Crippen LogP contribution in [-0.4, -0.2) is 30.3 Å². The van der Waals surface area contributed by atoms with Crippen LogP contribution < -0.4 is 0 Å². The lowest BCUT2D eigenvalue weighted by Crippen LogP contribution is -2.43. The second-order valence-corrected chi connectivity index (χ2v) is 5.79. The van der Waals surface area contributed by atoms with Crippen LogP contribution in [0.4, 0.5) is 0 Å². The van der Waals surface area contributed by atoms with Crippen LogP contribution in [0.3, 0.4) is 0 Å². The molecule has 0 N–H and O–H groups in total. The molecule has 0 aromatic heterocycles. The second-order valence-electron chi connectivity index (χ2n) is 5.79. The summed E-state index contributed by atoms with van der Waals surface area (Å²) in [4.78, 5) is 14.0. The maximum absolute atomic E-state index is 11.4. The third-order valence-electron chi connectivity index (χ3n) is 4.47. The number of piperidine rings is 1. The van der Waals surface area contributed by atoms with Crippen molar-refractivity contribution in [3.63, 3.8) is 0 Å². The molecular weight excluding hydrogens is 186 g/mol. The van der Waals surface area contributed by atoms with Gasteiger partial charge in [-0.2, -0.15) is 0 Å². The Hall–Kier alpha value is -0.370. The molecule has 3 rings (SSSR count). The van der Waals surface area contributed by atoms with Gasteiger partial charge in [-0.15, -0.1) is 0 Å². The van der Waals surface area contributed by atoms with Gasteiger partial charge in [0, 0.05) is 25.9 Å². The Morgan fingerprint density at radius 3 is 2.80 bits per heavy atom. The Kier molecular flexibility index (Phi) is 2.55. The van der Waals surface area contributed by atoms with Crippen LogP contribution in [0.15, 0.2) is 0 Å². The molecule has 0 radical (unpaired) electrons. The quantitative estimate of drug-likeness (QED) is 0.691. The van der Waals surface area contributed by atoms with Crippen molar-refractivity contribution in [3.05, 3.63) is 0 Å². The van der Waals surface area contributed by atoms with Gasteiger partial charge in [0.1, 0.15) is 5.78 Å². The number of likely N-dealkylation sites (tertiary alicyclic amines) is 1. The summed E-state index contributed by atoms with van der Waals surface area (Å²) in [7, 11) is 0. The lowest BCUT2D eigenvalue weighted by Gasteiger charge is -2.40. The third kappa shape index (κ3) is 2.25. The van der Waals surface area contributed by atoms with Gasteiger partial charge in [0.15, 0.2) is 0 Å². The number of ketones is 1. The maximum atomic E-state index is 11.4. The van der Waals surface area contributed by atoms with E-state index in [1.807, 2.05) is 0 Å². The van der Waals surface area contributed by atoms with Crippen molar-refractivity contribution in [1.29, 1.82) is 0 Å². The molecule has 84 valence electrons. The zero-order chi connectivity index (χ0) is 10.3. The van der Waals surface area contributed by atoms with Crippen molar-refractivity contribution in [1.82, 2.24) is 4.90 Å². The second kappa shape index (κ2) is 3.89. The first kappa shape index (κ1) is 9.83. The topological polar surface area (TPSA) is 20.3 Å². The predicted octanol–water partition coefficient (Wildman–Crippen LogP) is 2.09. The van der Waals surface area contributed by atoms with E-state index in [1.165, 1.54) is 45.3 Å². The molecule has 1 heterocycles. The highest BCUT2D eigenvalue weighted by Gasteiger charge is 2.35. The molecule has 3 fully saturated rings. The molecule has 2 aliphatic carbocycles. The van der Waals surface area contributed by atoms with Gasteiger partial charge in [0.2, 0.25) is 0 Å².